The van der Waals surface area contributed by atoms with Gasteiger partial charge in [0.2, 0.25) is 5.82 Å². The molecule has 0 aliphatic rings. The van der Waals surface area contributed by atoms with Crippen LogP contribution >= 0.6 is 0 Å². The number of ether oxygens (including phenoxy) is 1. The van der Waals surface area contributed by atoms with E-state index in [-0.39, 0.29) is 22.5 Å². The van der Waals surface area contributed by atoms with Gasteiger partial charge in [0.25, 0.3) is 0 Å². The topological polar surface area (TPSA) is 42.6 Å². The van der Waals surface area contributed by atoms with Crippen molar-refractivity contribution >= 4 is 21.9 Å². The predicted octanol–water partition coefficient (Wildman–Crippen LogP) is 5.10. The molecule has 1 heterocycles. The first-order chi connectivity index (χ1) is 11.1. The van der Waals surface area contributed by atoms with Crippen LogP contribution in [0.2, 0.25) is 0 Å². The fourth-order valence-corrected chi connectivity index (χ4v) is 2.80. The van der Waals surface area contributed by atoms with Crippen LogP contribution < -0.4 is 4.74 Å². The van der Waals surface area contributed by atoms with Crippen LogP contribution in [0.3, 0.4) is 0 Å². The fourth-order valence-electron chi connectivity index (χ4n) is 2.80. The number of aliphatic hydroxyl groups excluding tert-OH is 1. The van der Waals surface area contributed by atoms with E-state index in [1.54, 1.807) is 12.1 Å². The van der Waals surface area contributed by atoms with Crippen molar-refractivity contribution in [2.75, 3.05) is 7.11 Å². The zero-order valence-electron chi connectivity index (χ0n) is 13.0. The lowest BCUT2D eigenvalue weighted by molar-refractivity contribution is 0.160. The van der Waals surface area contributed by atoms with Gasteiger partial charge in [-0.25, -0.2) is 4.39 Å². The van der Waals surface area contributed by atoms with Crippen molar-refractivity contribution in [3.05, 3.63) is 41.5 Å². The number of hydrogen-bond donors (Lipinski definition) is 1. The largest absolute Gasteiger partial charge is 0.494 e. The Bertz CT molecular complexity index is 854. The van der Waals surface area contributed by atoms with Gasteiger partial charge in [0.05, 0.1) is 13.2 Å². The number of fused-ring (bicyclic) bond motifs is 3. The first-order valence-electron chi connectivity index (χ1n) is 7.63. The molecule has 1 atom stereocenters. The van der Waals surface area contributed by atoms with Crippen molar-refractivity contribution in [3.63, 3.8) is 0 Å². The first kappa shape index (κ1) is 15.7. The number of benzene rings is 2. The summed E-state index contributed by atoms with van der Waals surface area (Å²) in [7, 11) is 1.36. The van der Waals surface area contributed by atoms with E-state index >= 15 is 0 Å². The minimum Gasteiger partial charge on any atom is -0.494 e. The Balaban J connectivity index is 2.18. The number of rotatable bonds is 5. The number of methoxy groups -OCH3 is 1. The molecule has 0 saturated carbocycles. The third kappa shape index (κ3) is 2.55. The molecule has 0 fully saturated rings. The van der Waals surface area contributed by atoms with Crippen molar-refractivity contribution in [2.45, 2.75) is 32.3 Å². The minimum atomic E-state index is -0.896. The van der Waals surface area contributed by atoms with E-state index in [1.165, 1.54) is 19.2 Å². The highest BCUT2D eigenvalue weighted by molar-refractivity contribution is 6.05. The Kier molecular flexibility index (Phi) is 4.22. The van der Waals surface area contributed by atoms with Gasteiger partial charge in [0.15, 0.2) is 22.7 Å². The van der Waals surface area contributed by atoms with E-state index in [2.05, 4.69) is 0 Å². The molecule has 0 saturated heterocycles. The lowest BCUT2D eigenvalue weighted by Crippen LogP contribution is -2.00. The fraction of sp³-hybridized carbons (Fsp3) is 0.333. The van der Waals surface area contributed by atoms with E-state index in [0.29, 0.717) is 17.2 Å². The molecule has 0 aliphatic carbocycles. The molecule has 0 bridgehead atoms. The zero-order chi connectivity index (χ0) is 16.6. The molecule has 0 aliphatic heterocycles. The van der Waals surface area contributed by atoms with Gasteiger partial charge < -0.3 is 14.3 Å². The molecule has 3 aromatic rings. The Morgan fingerprint density at radius 3 is 2.39 bits per heavy atom. The van der Waals surface area contributed by atoms with Gasteiger partial charge in [0, 0.05) is 16.3 Å². The third-order valence-electron chi connectivity index (χ3n) is 4.09. The predicted molar refractivity (Wildman–Crippen MR) is 84.7 cm³/mol. The third-order valence-corrected chi connectivity index (χ3v) is 4.09. The van der Waals surface area contributed by atoms with Crippen LogP contribution in [0, 0.1) is 11.6 Å². The summed E-state index contributed by atoms with van der Waals surface area (Å²) in [6, 6.07) is 6.31. The standard InChI is InChI=1S/C18H18F2O3/c1-3-4-5-13(21)12-7-6-10-11-8-9-14(22-2)16(20)18(11)23-17(10)15(12)19/h6-9,13,21H,3-5H2,1-2H3/t13-/m1/s1. The summed E-state index contributed by atoms with van der Waals surface area (Å²) in [5.41, 5.74) is 0.0935. The molecule has 0 unspecified atom stereocenters. The maximum atomic E-state index is 14.7. The molecular weight excluding hydrogens is 302 g/mol. The van der Waals surface area contributed by atoms with Crippen LogP contribution in [-0.2, 0) is 0 Å². The lowest BCUT2D eigenvalue weighted by atomic mass is 10.0. The van der Waals surface area contributed by atoms with Crippen LogP contribution in [0.1, 0.15) is 37.9 Å². The van der Waals surface area contributed by atoms with Gasteiger partial charge in [-0.15, -0.1) is 0 Å². The SMILES string of the molecule is CCCC[C@@H](O)c1ccc2c(oc3c(F)c(OC)ccc32)c1F. The van der Waals surface area contributed by atoms with Crippen molar-refractivity contribution in [3.8, 4) is 5.75 Å². The second kappa shape index (κ2) is 6.16. The van der Waals surface area contributed by atoms with E-state index < -0.39 is 17.7 Å². The highest BCUT2D eigenvalue weighted by atomic mass is 19.1. The molecular formula is C18H18F2O3. The van der Waals surface area contributed by atoms with Crippen LogP contribution in [0.4, 0.5) is 8.78 Å². The van der Waals surface area contributed by atoms with Crippen molar-refractivity contribution in [1.29, 1.82) is 0 Å². The molecule has 0 spiro atoms. The van der Waals surface area contributed by atoms with E-state index in [4.69, 9.17) is 9.15 Å². The Morgan fingerprint density at radius 1 is 1.09 bits per heavy atom. The maximum absolute atomic E-state index is 14.7. The molecule has 23 heavy (non-hydrogen) atoms. The molecule has 3 nitrogen and oxygen atoms in total. The highest BCUT2D eigenvalue weighted by Gasteiger charge is 2.21. The maximum Gasteiger partial charge on any atom is 0.208 e. The Labute approximate surface area is 132 Å². The van der Waals surface area contributed by atoms with E-state index in [9.17, 15) is 13.9 Å². The summed E-state index contributed by atoms with van der Waals surface area (Å²) in [6.07, 6.45) is 1.29. The zero-order valence-corrected chi connectivity index (χ0v) is 13.0. The monoisotopic (exact) mass is 320 g/mol. The number of halogens is 2. The summed E-state index contributed by atoms with van der Waals surface area (Å²) < 4.78 is 39.3. The summed E-state index contributed by atoms with van der Waals surface area (Å²) in [5.74, 6) is -1.26. The van der Waals surface area contributed by atoms with Crippen molar-refractivity contribution in [1.82, 2.24) is 0 Å². The number of aliphatic hydroxyl groups is 1. The molecule has 5 heteroatoms. The van der Waals surface area contributed by atoms with Gasteiger partial charge >= 0.3 is 0 Å². The summed E-state index contributed by atoms with van der Waals surface area (Å²) in [5, 5.41) is 11.1. The van der Waals surface area contributed by atoms with Gasteiger partial charge in [-0.2, -0.15) is 4.39 Å². The van der Waals surface area contributed by atoms with Gasteiger partial charge in [-0.1, -0.05) is 25.8 Å². The normalized spacial score (nSPS) is 12.9. The van der Waals surface area contributed by atoms with Gasteiger partial charge in [0.1, 0.15) is 0 Å². The Morgan fingerprint density at radius 2 is 1.74 bits per heavy atom. The van der Waals surface area contributed by atoms with Crippen LogP contribution in [0.5, 0.6) is 5.75 Å². The lowest BCUT2D eigenvalue weighted by Gasteiger charge is -2.11. The molecule has 122 valence electrons. The molecule has 0 amide bonds. The summed E-state index contributed by atoms with van der Waals surface area (Å²) in [6.45, 7) is 2.00. The second-order valence-electron chi connectivity index (χ2n) is 5.56. The summed E-state index contributed by atoms with van der Waals surface area (Å²) in [4.78, 5) is 0. The smallest absolute Gasteiger partial charge is 0.208 e. The first-order valence-corrected chi connectivity index (χ1v) is 7.63. The molecule has 2 aromatic carbocycles. The average molecular weight is 320 g/mol. The Hall–Kier alpha value is -2.14. The quantitative estimate of drug-likeness (QED) is 0.711. The summed E-state index contributed by atoms with van der Waals surface area (Å²) >= 11 is 0. The molecule has 0 radical (unpaired) electrons. The highest BCUT2D eigenvalue weighted by Crippen LogP contribution is 2.37. The average Bonchev–Trinajstić information content (AvgIpc) is 2.94. The molecule has 1 N–H and O–H groups in total. The van der Waals surface area contributed by atoms with Gasteiger partial charge in [-0.3, -0.25) is 0 Å². The number of furan rings is 1. The van der Waals surface area contributed by atoms with Crippen LogP contribution in [-0.4, -0.2) is 12.2 Å². The van der Waals surface area contributed by atoms with E-state index in [0.717, 1.165) is 12.8 Å². The van der Waals surface area contributed by atoms with Gasteiger partial charge in [-0.05, 0) is 24.6 Å². The number of hydrogen-bond acceptors (Lipinski definition) is 3. The molecule has 3 rings (SSSR count). The number of unbranched alkanes of at least 4 members (excludes halogenated alkanes) is 1. The molecule has 1 aromatic heterocycles. The second-order valence-corrected chi connectivity index (χ2v) is 5.56. The minimum absolute atomic E-state index is 0.0415. The van der Waals surface area contributed by atoms with E-state index in [1.807, 2.05) is 6.92 Å². The van der Waals surface area contributed by atoms with Crippen molar-refractivity contribution < 1.29 is 23.0 Å². The van der Waals surface area contributed by atoms with Crippen LogP contribution in [0.25, 0.3) is 21.9 Å². The van der Waals surface area contributed by atoms with Crippen molar-refractivity contribution in [2.24, 2.45) is 0 Å². The van der Waals surface area contributed by atoms with Crippen LogP contribution in [0.15, 0.2) is 28.7 Å².